The zero-order chi connectivity index (χ0) is 7.76. The van der Waals surface area contributed by atoms with Crippen LogP contribution < -0.4 is 0 Å². The minimum atomic E-state index is -0.0511. The van der Waals surface area contributed by atoms with E-state index in [1.165, 1.54) is 19.3 Å². The smallest absolute Gasteiger partial charge is 0.195 e. The van der Waals surface area contributed by atoms with Crippen LogP contribution in [0, 0.1) is 23.7 Å². The van der Waals surface area contributed by atoms with Gasteiger partial charge in [-0.3, -0.25) is 0 Å². The molecule has 66 valence electrons. The summed E-state index contributed by atoms with van der Waals surface area (Å²) in [5, 5.41) is 0. The summed E-state index contributed by atoms with van der Waals surface area (Å²) in [6, 6.07) is 0. The third-order valence-electron chi connectivity index (χ3n) is 4.55. The first-order valence-electron chi connectivity index (χ1n) is 5.17. The first kappa shape index (κ1) is 6.39. The van der Waals surface area contributed by atoms with E-state index < -0.39 is 0 Å². The van der Waals surface area contributed by atoms with E-state index in [2.05, 4.69) is 0 Å². The van der Waals surface area contributed by atoms with Gasteiger partial charge in [-0.25, -0.2) is 0 Å². The topological polar surface area (TPSA) is 21.8 Å². The Bertz CT molecular complexity index is 234. The first-order valence-corrected chi connectivity index (χ1v) is 5.17. The van der Waals surface area contributed by atoms with Crippen LogP contribution >= 0.6 is 0 Å². The Labute approximate surface area is 72.2 Å². The van der Waals surface area contributed by atoms with Crippen molar-refractivity contribution in [3.05, 3.63) is 0 Å². The second-order valence-corrected chi connectivity index (χ2v) is 4.93. The Morgan fingerprint density at radius 2 is 1.92 bits per heavy atom. The van der Waals surface area contributed by atoms with Crippen LogP contribution in [0.3, 0.4) is 0 Å². The Balaban J connectivity index is 1.76. The maximum atomic E-state index is 5.78. The van der Waals surface area contributed by atoms with Crippen LogP contribution in [-0.2, 0) is 9.47 Å². The predicted octanol–water partition coefficient (Wildman–Crippen LogP) is 1.41. The SMILES string of the molecule is C1CC2CC1C1COC3(CO3)C21. The lowest BCUT2D eigenvalue weighted by Gasteiger charge is -2.24. The van der Waals surface area contributed by atoms with Gasteiger partial charge < -0.3 is 9.47 Å². The predicted molar refractivity (Wildman–Crippen MR) is 42.4 cm³/mol. The molecule has 2 nitrogen and oxygen atoms in total. The summed E-state index contributed by atoms with van der Waals surface area (Å²) < 4.78 is 11.3. The summed E-state index contributed by atoms with van der Waals surface area (Å²) >= 11 is 0. The van der Waals surface area contributed by atoms with Crippen LogP contribution in [0.15, 0.2) is 0 Å². The van der Waals surface area contributed by atoms with Gasteiger partial charge in [-0.2, -0.15) is 0 Å². The first-order chi connectivity index (χ1) is 5.89. The molecule has 4 aliphatic rings. The van der Waals surface area contributed by atoms with E-state index in [-0.39, 0.29) is 5.79 Å². The van der Waals surface area contributed by atoms with Crippen LogP contribution in [0.5, 0.6) is 0 Å². The van der Waals surface area contributed by atoms with Gasteiger partial charge in [0, 0.05) is 5.92 Å². The van der Waals surface area contributed by atoms with Gasteiger partial charge in [0.2, 0.25) is 0 Å². The molecule has 4 rings (SSSR count). The fourth-order valence-corrected chi connectivity index (χ4v) is 4.02. The van der Waals surface area contributed by atoms with E-state index >= 15 is 0 Å². The van der Waals surface area contributed by atoms with Crippen molar-refractivity contribution in [2.24, 2.45) is 23.7 Å². The highest BCUT2D eigenvalue weighted by Gasteiger charge is 2.67. The Morgan fingerprint density at radius 3 is 2.75 bits per heavy atom. The van der Waals surface area contributed by atoms with Crippen molar-refractivity contribution in [3.63, 3.8) is 0 Å². The summed E-state index contributed by atoms with van der Waals surface area (Å²) in [5.74, 6) is 3.54. The third kappa shape index (κ3) is 0.549. The molecular weight excluding hydrogens is 152 g/mol. The van der Waals surface area contributed by atoms with Crippen molar-refractivity contribution in [2.75, 3.05) is 13.2 Å². The number of epoxide rings is 1. The minimum Gasteiger partial charge on any atom is -0.347 e. The van der Waals surface area contributed by atoms with E-state index in [0.717, 1.165) is 36.9 Å². The lowest BCUT2D eigenvalue weighted by molar-refractivity contribution is -0.0320. The van der Waals surface area contributed by atoms with Gasteiger partial charge in [-0.15, -0.1) is 0 Å². The maximum Gasteiger partial charge on any atom is 0.195 e. The molecule has 0 aromatic heterocycles. The van der Waals surface area contributed by atoms with Gasteiger partial charge in [-0.1, -0.05) is 0 Å². The summed E-state index contributed by atoms with van der Waals surface area (Å²) in [7, 11) is 0. The van der Waals surface area contributed by atoms with E-state index in [1.807, 2.05) is 0 Å². The molecule has 0 radical (unpaired) electrons. The molecule has 2 bridgehead atoms. The van der Waals surface area contributed by atoms with Crippen LogP contribution in [0.25, 0.3) is 0 Å². The second-order valence-electron chi connectivity index (χ2n) is 4.93. The van der Waals surface area contributed by atoms with Crippen LogP contribution in [-0.4, -0.2) is 19.0 Å². The van der Waals surface area contributed by atoms with Gasteiger partial charge in [0.05, 0.1) is 6.61 Å². The average molecular weight is 166 g/mol. The average Bonchev–Trinajstić information content (AvgIpc) is 2.47. The molecule has 12 heavy (non-hydrogen) atoms. The maximum absolute atomic E-state index is 5.78. The second kappa shape index (κ2) is 1.73. The highest BCUT2D eigenvalue weighted by molar-refractivity contribution is 5.09. The fraction of sp³-hybridized carbons (Fsp3) is 1.00. The minimum absolute atomic E-state index is 0.0511. The van der Waals surface area contributed by atoms with E-state index in [1.54, 1.807) is 0 Å². The molecule has 2 saturated carbocycles. The molecule has 2 aliphatic carbocycles. The normalized spacial score (nSPS) is 66.0. The Morgan fingerprint density at radius 1 is 1.08 bits per heavy atom. The molecular formula is C10H14O2. The number of hydrogen-bond donors (Lipinski definition) is 0. The van der Waals surface area contributed by atoms with Crippen LogP contribution in [0.1, 0.15) is 19.3 Å². The van der Waals surface area contributed by atoms with Crippen molar-refractivity contribution >= 4 is 0 Å². The van der Waals surface area contributed by atoms with Gasteiger partial charge >= 0.3 is 0 Å². The standard InChI is InChI=1S/C10H14O2/c1-2-7-3-6(1)8-4-11-10(5-12-10)9(7)8/h6-9H,1-5H2. The van der Waals surface area contributed by atoms with Crippen LogP contribution in [0.4, 0.5) is 0 Å². The molecule has 4 fully saturated rings. The molecule has 0 aromatic rings. The number of rotatable bonds is 0. The molecule has 5 unspecified atom stereocenters. The molecule has 2 heterocycles. The molecule has 2 aliphatic heterocycles. The zero-order valence-electron chi connectivity index (χ0n) is 7.16. The van der Waals surface area contributed by atoms with Gasteiger partial charge in [0.15, 0.2) is 5.79 Å². The molecule has 5 atom stereocenters. The molecule has 0 aromatic carbocycles. The molecule has 0 N–H and O–H groups in total. The molecule has 0 amide bonds. The van der Waals surface area contributed by atoms with Crippen molar-refractivity contribution in [1.29, 1.82) is 0 Å². The number of hydrogen-bond acceptors (Lipinski definition) is 2. The lowest BCUT2D eigenvalue weighted by atomic mass is 9.78. The Kier molecular flexibility index (Phi) is 0.921. The van der Waals surface area contributed by atoms with Crippen molar-refractivity contribution in [2.45, 2.75) is 25.0 Å². The summed E-state index contributed by atoms with van der Waals surface area (Å²) in [5.41, 5.74) is 0. The van der Waals surface area contributed by atoms with Crippen molar-refractivity contribution in [1.82, 2.24) is 0 Å². The Hall–Kier alpha value is -0.0800. The van der Waals surface area contributed by atoms with Gasteiger partial charge in [-0.05, 0) is 37.0 Å². The summed E-state index contributed by atoms with van der Waals surface area (Å²) in [6.07, 6.45) is 4.38. The number of ether oxygens (including phenoxy) is 2. The zero-order valence-corrected chi connectivity index (χ0v) is 7.16. The highest BCUT2D eigenvalue weighted by Crippen LogP contribution is 2.63. The quantitative estimate of drug-likeness (QED) is 0.507. The van der Waals surface area contributed by atoms with Gasteiger partial charge in [0.25, 0.3) is 0 Å². The van der Waals surface area contributed by atoms with E-state index in [0.29, 0.717) is 0 Å². The molecule has 2 saturated heterocycles. The largest absolute Gasteiger partial charge is 0.347 e. The molecule has 1 spiro atoms. The van der Waals surface area contributed by atoms with Crippen molar-refractivity contribution in [3.8, 4) is 0 Å². The van der Waals surface area contributed by atoms with Crippen molar-refractivity contribution < 1.29 is 9.47 Å². The molecule has 2 heteroatoms. The van der Waals surface area contributed by atoms with E-state index in [9.17, 15) is 0 Å². The highest BCUT2D eigenvalue weighted by atomic mass is 16.8. The number of fused-ring (bicyclic) bond motifs is 6. The third-order valence-corrected chi connectivity index (χ3v) is 4.55. The monoisotopic (exact) mass is 166 g/mol. The lowest BCUT2D eigenvalue weighted by Crippen LogP contribution is -2.28. The van der Waals surface area contributed by atoms with E-state index in [4.69, 9.17) is 9.47 Å². The fourth-order valence-electron chi connectivity index (χ4n) is 4.02. The van der Waals surface area contributed by atoms with Gasteiger partial charge in [0.1, 0.15) is 6.61 Å². The summed E-state index contributed by atoms with van der Waals surface area (Å²) in [6.45, 7) is 1.88. The van der Waals surface area contributed by atoms with Crippen LogP contribution in [0.2, 0.25) is 0 Å². The summed E-state index contributed by atoms with van der Waals surface area (Å²) in [4.78, 5) is 0.